The van der Waals surface area contributed by atoms with E-state index in [1.165, 1.54) is 6.07 Å². The first-order valence-corrected chi connectivity index (χ1v) is 5.82. The highest BCUT2D eigenvalue weighted by Crippen LogP contribution is 2.20. The second-order valence-corrected chi connectivity index (χ2v) is 5.00. The van der Waals surface area contributed by atoms with Gasteiger partial charge in [-0.3, -0.25) is 0 Å². The minimum absolute atomic E-state index is 0.124. The fourth-order valence-corrected chi connectivity index (χ4v) is 1.44. The molecule has 0 saturated heterocycles. The molecule has 0 saturated carbocycles. The van der Waals surface area contributed by atoms with E-state index in [-0.39, 0.29) is 11.4 Å². The molecule has 0 spiro atoms. The summed E-state index contributed by atoms with van der Waals surface area (Å²) in [6.45, 7) is 6.69. The largest absolute Gasteiger partial charge is 0.371 e. The third-order valence-corrected chi connectivity index (χ3v) is 3.07. The van der Waals surface area contributed by atoms with Crippen molar-refractivity contribution in [2.45, 2.75) is 39.4 Å². The van der Waals surface area contributed by atoms with E-state index in [9.17, 15) is 4.39 Å². The Morgan fingerprint density at radius 2 is 2.07 bits per heavy atom. The van der Waals surface area contributed by atoms with E-state index >= 15 is 0 Å². The molecule has 1 rings (SSSR count). The Morgan fingerprint density at radius 1 is 1.40 bits per heavy atom. The molecule has 3 heteroatoms. The molecule has 0 aliphatic carbocycles. The SMILES string of the molecule is CCC(C)(C)OCc1ccc(F)c(Br)c1. The fraction of sp³-hybridized carbons (Fsp3) is 0.500. The second kappa shape index (κ2) is 5.08. The first-order valence-electron chi connectivity index (χ1n) is 5.02. The van der Waals surface area contributed by atoms with Gasteiger partial charge in [-0.25, -0.2) is 4.39 Å². The van der Waals surface area contributed by atoms with Crippen LogP contribution in [0.25, 0.3) is 0 Å². The van der Waals surface area contributed by atoms with Crippen LogP contribution in [0.1, 0.15) is 32.8 Å². The summed E-state index contributed by atoms with van der Waals surface area (Å²) in [7, 11) is 0. The van der Waals surface area contributed by atoms with Gasteiger partial charge < -0.3 is 4.74 Å². The Hall–Kier alpha value is -0.410. The zero-order valence-electron chi connectivity index (χ0n) is 9.31. The molecule has 1 aromatic rings. The molecule has 1 nitrogen and oxygen atoms in total. The summed E-state index contributed by atoms with van der Waals surface area (Å²) in [4.78, 5) is 0. The van der Waals surface area contributed by atoms with Crippen LogP contribution in [0.5, 0.6) is 0 Å². The van der Waals surface area contributed by atoms with Crippen molar-refractivity contribution in [3.63, 3.8) is 0 Å². The van der Waals surface area contributed by atoms with E-state index < -0.39 is 0 Å². The van der Waals surface area contributed by atoms with Crippen LogP contribution in [-0.2, 0) is 11.3 Å². The standard InChI is InChI=1S/C12H16BrFO/c1-4-12(2,3)15-8-9-5-6-11(14)10(13)7-9/h5-7H,4,8H2,1-3H3. The van der Waals surface area contributed by atoms with Crippen LogP contribution in [-0.4, -0.2) is 5.60 Å². The van der Waals surface area contributed by atoms with Crippen LogP contribution in [0, 0.1) is 5.82 Å². The van der Waals surface area contributed by atoms with Crippen molar-refractivity contribution in [1.29, 1.82) is 0 Å². The predicted molar refractivity (Wildman–Crippen MR) is 63.3 cm³/mol. The molecule has 15 heavy (non-hydrogen) atoms. The molecule has 0 heterocycles. The first kappa shape index (κ1) is 12.7. The number of ether oxygens (including phenoxy) is 1. The van der Waals surface area contributed by atoms with E-state index in [4.69, 9.17) is 4.74 Å². The average molecular weight is 275 g/mol. The molecule has 0 N–H and O–H groups in total. The molecule has 0 radical (unpaired) electrons. The van der Waals surface area contributed by atoms with Crippen LogP contribution < -0.4 is 0 Å². The Balaban J connectivity index is 2.62. The smallest absolute Gasteiger partial charge is 0.137 e. The number of hydrogen-bond acceptors (Lipinski definition) is 1. The van der Waals surface area contributed by atoms with Gasteiger partial charge in [0, 0.05) is 0 Å². The monoisotopic (exact) mass is 274 g/mol. The Bertz CT molecular complexity index is 336. The molecular formula is C12H16BrFO. The van der Waals surface area contributed by atoms with Crippen LogP contribution >= 0.6 is 15.9 Å². The third-order valence-electron chi connectivity index (χ3n) is 2.47. The summed E-state index contributed by atoms with van der Waals surface area (Å²) in [5.41, 5.74) is 0.853. The zero-order chi connectivity index (χ0) is 11.5. The maximum absolute atomic E-state index is 13.0. The Kier molecular flexibility index (Phi) is 4.29. The number of halogens is 2. The highest BCUT2D eigenvalue weighted by Gasteiger charge is 2.15. The lowest BCUT2D eigenvalue weighted by molar-refractivity contribution is -0.0316. The maximum atomic E-state index is 13.0. The van der Waals surface area contributed by atoms with Crippen LogP contribution in [0.3, 0.4) is 0 Å². The van der Waals surface area contributed by atoms with Crippen molar-refractivity contribution in [2.24, 2.45) is 0 Å². The van der Waals surface area contributed by atoms with Gasteiger partial charge in [-0.1, -0.05) is 13.0 Å². The fourth-order valence-electron chi connectivity index (χ4n) is 1.01. The summed E-state index contributed by atoms with van der Waals surface area (Å²) >= 11 is 3.15. The summed E-state index contributed by atoms with van der Waals surface area (Å²) in [6, 6.07) is 4.94. The minimum atomic E-state index is -0.242. The van der Waals surface area contributed by atoms with Crippen LogP contribution in [0.4, 0.5) is 4.39 Å². The molecule has 0 unspecified atom stereocenters. The van der Waals surface area contributed by atoms with Crippen LogP contribution in [0.15, 0.2) is 22.7 Å². The molecule has 84 valence electrons. The van der Waals surface area contributed by atoms with Gasteiger partial charge in [-0.15, -0.1) is 0 Å². The van der Waals surface area contributed by atoms with Gasteiger partial charge in [-0.2, -0.15) is 0 Å². The van der Waals surface area contributed by atoms with Crippen LogP contribution in [0.2, 0.25) is 0 Å². The molecule has 0 aliphatic heterocycles. The normalized spacial score (nSPS) is 11.8. The summed E-state index contributed by atoms with van der Waals surface area (Å²) < 4.78 is 19.2. The lowest BCUT2D eigenvalue weighted by Gasteiger charge is -2.23. The van der Waals surface area contributed by atoms with Gasteiger partial charge in [0.1, 0.15) is 5.82 Å². The quantitative estimate of drug-likeness (QED) is 0.796. The topological polar surface area (TPSA) is 9.23 Å². The number of benzene rings is 1. The van der Waals surface area contributed by atoms with Gasteiger partial charge in [0.05, 0.1) is 16.7 Å². The third kappa shape index (κ3) is 3.92. The van der Waals surface area contributed by atoms with Gasteiger partial charge >= 0.3 is 0 Å². The predicted octanol–water partition coefficient (Wildman–Crippen LogP) is 4.29. The molecule has 0 amide bonds. The lowest BCUT2D eigenvalue weighted by Crippen LogP contribution is -2.22. The van der Waals surface area contributed by atoms with Gasteiger partial charge in [0.25, 0.3) is 0 Å². The van der Waals surface area contributed by atoms with Gasteiger partial charge in [-0.05, 0) is 53.9 Å². The van der Waals surface area contributed by atoms with Crippen molar-refractivity contribution < 1.29 is 9.13 Å². The molecule has 0 atom stereocenters. The Morgan fingerprint density at radius 3 is 2.60 bits per heavy atom. The molecule has 0 aliphatic rings. The molecular weight excluding hydrogens is 259 g/mol. The van der Waals surface area contributed by atoms with Crippen molar-refractivity contribution in [3.05, 3.63) is 34.1 Å². The summed E-state index contributed by atoms with van der Waals surface area (Å²) in [5, 5.41) is 0. The van der Waals surface area contributed by atoms with E-state index in [0.29, 0.717) is 11.1 Å². The van der Waals surface area contributed by atoms with Crippen molar-refractivity contribution >= 4 is 15.9 Å². The molecule has 0 fully saturated rings. The summed E-state index contributed by atoms with van der Waals surface area (Å²) in [5.74, 6) is -0.242. The average Bonchev–Trinajstić information content (AvgIpc) is 2.20. The lowest BCUT2D eigenvalue weighted by atomic mass is 10.1. The van der Waals surface area contributed by atoms with E-state index in [1.54, 1.807) is 12.1 Å². The molecule has 0 aromatic heterocycles. The van der Waals surface area contributed by atoms with Crippen molar-refractivity contribution in [1.82, 2.24) is 0 Å². The number of hydrogen-bond donors (Lipinski definition) is 0. The zero-order valence-corrected chi connectivity index (χ0v) is 10.9. The van der Waals surface area contributed by atoms with E-state index in [0.717, 1.165) is 12.0 Å². The van der Waals surface area contributed by atoms with E-state index in [1.807, 2.05) is 13.8 Å². The molecule has 0 bridgehead atoms. The second-order valence-electron chi connectivity index (χ2n) is 4.15. The molecule has 1 aromatic carbocycles. The van der Waals surface area contributed by atoms with E-state index in [2.05, 4.69) is 22.9 Å². The van der Waals surface area contributed by atoms with Gasteiger partial charge in [0.2, 0.25) is 0 Å². The summed E-state index contributed by atoms with van der Waals surface area (Å²) in [6.07, 6.45) is 0.954. The van der Waals surface area contributed by atoms with Gasteiger partial charge in [0.15, 0.2) is 0 Å². The minimum Gasteiger partial charge on any atom is -0.371 e. The van der Waals surface area contributed by atoms with Crippen molar-refractivity contribution in [3.8, 4) is 0 Å². The number of rotatable bonds is 4. The Labute approximate surface area is 98.8 Å². The first-order chi connectivity index (χ1) is 6.94. The van der Waals surface area contributed by atoms with Crippen molar-refractivity contribution in [2.75, 3.05) is 0 Å². The highest BCUT2D eigenvalue weighted by molar-refractivity contribution is 9.10. The highest BCUT2D eigenvalue weighted by atomic mass is 79.9. The maximum Gasteiger partial charge on any atom is 0.137 e.